The molecular weight excluding hydrogens is 533 g/mol. The number of nitro groups is 1. The summed E-state index contributed by atoms with van der Waals surface area (Å²) in [5.74, 6) is -0.201. The van der Waals surface area contributed by atoms with Gasteiger partial charge in [0, 0.05) is 28.1 Å². The van der Waals surface area contributed by atoms with Crippen molar-refractivity contribution in [3.8, 4) is 0 Å². The van der Waals surface area contributed by atoms with E-state index in [1.54, 1.807) is 12.1 Å². The summed E-state index contributed by atoms with van der Waals surface area (Å²) < 4.78 is 0. The number of carbonyl (C=O) groups excluding carboxylic acids is 1. The fraction of sp³-hybridized carbons (Fsp3) is 0.214. The molecule has 1 aliphatic heterocycles. The molecule has 3 aromatic rings. The molecule has 1 amide bonds. The molecule has 0 aromatic heterocycles. The van der Waals surface area contributed by atoms with E-state index in [4.69, 9.17) is 39.9 Å². The first-order valence-electron chi connectivity index (χ1n) is 11.8. The highest BCUT2D eigenvalue weighted by molar-refractivity contribution is 6.34. The van der Waals surface area contributed by atoms with E-state index in [1.807, 2.05) is 36.4 Å². The summed E-state index contributed by atoms with van der Waals surface area (Å²) in [7, 11) is 0. The number of nitrogens with zero attached hydrogens (tertiary/aromatic N) is 3. The molecule has 1 heterocycles. The Bertz CT molecular complexity index is 1440. The third kappa shape index (κ3) is 5.14. The Hall–Kier alpha value is -3.19. The van der Waals surface area contributed by atoms with Gasteiger partial charge < -0.3 is 0 Å². The van der Waals surface area contributed by atoms with Crippen LogP contribution in [0, 0.1) is 22.0 Å². The van der Waals surface area contributed by atoms with Gasteiger partial charge in [0.25, 0.3) is 11.6 Å². The van der Waals surface area contributed by atoms with Crippen molar-refractivity contribution in [2.45, 2.75) is 25.8 Å². The number of hydrogen-bond donors (Lipinski definition) is 0. The third-order valence-electron chi connectivity index (χ3n) is 6.79. The summed E-state index contributed by atoms with van der Waals surface area (Å²) >= 11 is 18.6. The van der Waals surface area contributed by atoms with Crippen LogP contribution >= 0.6 is 34.8 Å². The van der Waals surface area contributed by atoms with Gasteiger partial charge in [-0.3, -0.25) is 14.9 Å². The van der Waals surface area contributed by atoms with Crippen molar-refractivity contribution in [2.24, 2.45) is 16.9 Å². The molecule has 3 atom stereocenters. The molecule has 2 aliphatic rings. The Morgan fingerprint density at radius 2 is 1.68 bits per heavy atom. The fourth-order valence-corrected chi connectivity index (χ4v) is 5.57. The van der Waals surface area contributed by atoms with E-state index in [2.05, 4.69) is 13.0 Å². The van der Waals surface area contributed by atoms with Gasteiger partial charge in [0.15, 0.2) is 0 Å². The van der Waals surface area contributed by atoms with E-state index in [0.29, 0.717) is 16.0 Å². The number of allylic oxidation sites excluding steroid dienone is 1. The number of nitro benzene ring substituents is 1. The van der Waals surface area contributed by atoms with Gasteiger partial charge in [0.2, 0.25) is 0 Å². The van der Waals surface area contributed by atoms with E-state index >= 15 is 0 Å². The molecule has 37 heavy (non-hydrogen) atoms. The first kappa shape index (κ1) is 25.5. The lowest BCUT2D eigenvalue weighted by Crippen LogP contribution is -2.33. The van der Waals surface area contributed by atoms with Crippen LogP contribution in [0.5, 0.6) is 0 Å². The zero-order valence-electron chi connectivity index (χ0n) is 19.8. The number of fused-ring (bicyclic) bond motifs is 1. The van der Waals surface area contributed by atoms with Gasteiger partial charge in [-0.05, 0) is 71.9 Å². The summed E-state index contributed by atoms with van der Waals surface area (Å²) in [6.45, 7) is 2.19. The van der Waals surface area contributed by atoms with Crippen molar-refractivity contribution < 1.29 is 9.72 Å². The molecule has 0 unspecified atom stereocenters. The van der Waals surface area contributed by atoms with Crippen molar-refractivity contribution in [2.75, 3.05) is 0 Å². The normalized spacial score (nSPS) is 22.1. The second-order valence-electron chi connectivity index (χ2n) is 9.43. The molecule has 5 rings (SSSR count). The predicted molar refractivity (Wildman–Crippen MR) is 147 cm³/mol. The van der Waals surface area contributed by atoms with E-state index in [1.165, 1.54) is 23.2 Å². The number of carbonyl (C=O) groups is 1. The first-order valence-corrected chi connectivity index (χ1v) is 12.9. The van der Waals surface area contributed by atoms with Gasteiger partial charge in [-0.25, -0.2) is 5.01 Å². The van der Waals surface area contributed by atoms with Gasteiger partial charge in [-0.1, -0.05) is 66.0 Å². The number of amides is 1. The SMILES string of the molecule is C[C@@H]1C/C(=C\c2ccc(Cl)cc2)C2=NN(C(=O)c3cc([N+](=O)[O-])ccc3Cl)[C@H](c3ccc(Cl)cc3)[C@H]2C1. The zero-order valence-corrected chi connectivity index (χ0v) is 22.0. The number of hydrazone groups is 1. The van der Waals surface area contributed by atoms with Crippen LogP contribution in [0.1, 0.15) is 47.3 Å². The number of non-ortho nitro benzene ring substituents is 1. The first-order chi connectivity index (χ1) is 17.7. The van der Waals surface area contributed by atoms with E-state index < -0.39 is 16.9 Å². The molecule has 0 spiro atoms. The summed E-state index contributed by atoms with van der Waals surface area (Å²) in [5, 5.41) is 19.0. The van der Waals surface area contributed by atoms with Crippen LogP contribution < -0.4 is 0 Å². The Morgan fingerprint density at radius 3 is 2.32 bits per heavy atom. The molecule has 1 aliphatic carbocycles. The van der Waals surface area contributed by atoms with Crippen LogP contribution in [0.15, 0.2) is 77.4 Å². The number of benzene rings is 3. The van der Waals surface area contributed by atoms with Gasteiger partial charge in [0.1, 0.15) is 0 Å². The van der Waals surface area contributed by atoms with Crippen LogP contribution in [0.2, 0.25) is 15.1 Å². The lowest BCUT2D eigenvalue weighted by atomic mass is 9.73. The molecule has 0 saturated heterocycles. The van der Waals surface area contributed by atoms with Crippen LogP contribution in [0.25, 0.3) is 6.08 Å². The largest absolute Gasteiger partial charge is 0.276 e. The maximum atomic E-state index is 13.9. The Labute approximate surface area is 229 Å². The number of rotatable bonds is 4. The van der Waals surface area contributed by atoms with Crippen molar-refractivity contribution in [3.05, 3.63) is 114 Å². The highest BCUT2D eigenvalue weighted by atomic mass is 35.5. The van der Waals surface area contributed by atoms with Crippen LogP contribution in [0.3, 0.4) is 0 Å². The molecule has 0 bridgehead atoms. The van der Waals surface area contributed by atoms with E-state index in [0.717, 1.165) is 35.3 Å². The smallest absolute Gasteiger partial charge is 0.267 e. The van der Waals surface area contributed by atoms with Crippen molar-refractivity contribution in [1.29, 1.82) is 0 Å². The Balaban J connectivity index is 1.62. The minimum absolute atomic E-state index is 0.0362. The third-order valence-corrected chi connectivity index (χ3v) is 7.62. The number of hydrogen-bond acceptors (Lipinski definition) is 4. The Kier molecular flexibility index (Phi) is 7.08. The van der Waals surface area contributed by atoms with Gasteiger partial charge in [-0.15, -0.1) is 0 Å². The highest BCUT2D eigenvalue weighted by Gasteiger charge is 2.45. The quantitative estimate of drug-likeness (QED) is 0.241. The molecule has 9 heteroatoms. The van der Waals surface area contributed by atoms with E-state index in [9.17, 15) is 14.9 Å². The lowest BCUT2D eigenvalue weighted by Gasteiger charge is -2.32. The minimum Gasteiger partial charge on any atom is -0.267 e. The number of halogens is 3. The molecule has 3 aromatic carbocycles. The summed E-state index contributed by atoms with van der Waals surface area (Å²) in [6.07, 6.45) is 3.73. The van der Waals surface area contributed by atoms with Crippen LogP contribution in [0.4, 0.5) is 5.69 Å². The molecule has 0 N–H and O–H groups in total. The zero-order chi connectivity index (χ0) is 26.3. The van der Waals surface area contributed by atoms with Crippen molar-refractivity contribution in [3.63, 3.8) is 0 Å². The fourth-order valence-electron chi connectivity index (χ4n) is 5.12. The standard InChI is InChI=1S/C28H22Cl3N3O3/c1-16-12-19(14-17-2-6-20(29)7-3-17)26-24(13-16)27(18-4-8-21(30)9-5-18)33(32-26)28(35)23-15-22(34(36)37)10-11-25(23)31/h2-11,14-16,24,27H,12-13H2,1H3/b19-14+/t16-,24+,27-/m1/s1. The van der Waals surface area contributed by atoms with E-state index in [-0.39, 0.29) is 22.2 Å². The summed E-state index contributed by atoms with van der Waals surface area (Å²) in [5.41, 5.74) is 3.58. The lowest BCUT2D eigenvalue weighted by molar-refractivity contribution is -0.384. The van der Waals surface area contributed by atoms with Crippen molar-refractivity contribution in [1.82, 2.24) is 5.01 Å². The molecule has 1 fully saturated rings. The second-order valence-corrected chi connectivity index (χ2v) is 10.7. The van der Waals surface area contributed by atoms with Gasteiger partial charge in [0.05, 0.1) is 27.3 Å². The summed E-state index contributed by atoms with van der Waals surface area (Å²) in [4.78, 5) is 24.7. The molecule has 1 saturated carbocycles. The highest BCUT2D eigenvalue weighted by Crippen LogP contribution is 2.47. The summed E-state index contributed by atoms with van der Waals surface area (Å²) in [6, 6.07) is 18.4. The molecule has 188 valence electrons. The predicted octanol–water partition coefficient (Wildman–Crippen LogP) is 8.24. The maximum Gasteiger partial charge on any atom is 0.276 e. The van der Waals surface area contributed by atoms with Gasteiger partial charge in [-0.2, -0.15) is 5.10 Å². The Morgan fingerprint density at radius 1 is 1.03 bits per heavy atom. The topological polar surface area (TPSA) is 75.8 Å². The average molecular weight is 555 g/mol. The molecule has 6 nitrogen and oxygen atoms in total. The van der Waals surface area contributed by atoms with Crippen LogP contribution in [-0.2, 0) is 0 Å². The molecular formula is C28H22Cl3N3O3. The monoisotopic (exact) mass is 553 g/mol. The minimum atomic E-state index is -0.548. The van der Waals surface area contributed by atoms with Crippen LogP contribution in [-0.4, -0.2) is 21.6 Å². The maximum absolute atomic E-state index is 13.9. The van der Waals surface area contributed by atoms with Gasteiger partial charge >= 0.3 is 0 Å². The molecule has 0 radical (unpaired) electrons. The van der Waals surface area contributed by atoms with Crippen molar-refractivity contribution >= 4 is 58.2 Å². The second kappa shape index (κ2) is 10.3. The average Bonchev–Trinajstić information content (AvgIpc) is 3.25.